The molecule has 0 amide bonds. The Morgan fingerprint density at radius 1 is 0.550 bits per heavy atom. The van der Waals surface area contributed by atoms with Gasteiger partial charge in [-0.15, -0.1) is 6.42 Å². The van der Waals surface area contributed by atoms with Gasteiger partial charge in [0, 0.05) is 0 Å². The van der Waals surface area contributed by atoms with Crippen molar-refractivity contribution in [2.24, 2.45) is 0 Å². The van der Waals surface area contributed by atoms with Crippen molar-refractivity contribution in [2.45, 2.75) is 77.6 Å². The Bertz CT molecular complexity index is 1370. The number of hydrogen-bond acceptors (Lipinski definition) is 1. The van der Waals surface area contributed by atoms with Crippen LogP contribution in [0, 0.1) is 12.3 Å². The van der Waals surface area contributed by atoms with Crippen molar-refractivity contribution >= 4 is 0 Å². The molecule has 0 fully saturated rings. The molecule has 0 heterocycles. The Morgan fingerprint density at radius 3 is 1.20 bits per heavy atom. The van der Waals surface area contributed by atoms with E-state index in [1.807, 2.05) is 12.1 Å². The lowest BCUT2D eigenvalue weighted by molar-refractivity contribution is 0.370. The first-order valence-electron chi connectivity index (χ1n) is 14.4. The van der Waals surface area contributed by atoms with Crippen molar-refractivity contribution in [1.29, 1.82) is 0 Å². The van der Waals surface area contributed by atoms with E-state index < -0.39 is 5.41 Å². The van der Waals surface area contributed by atoms with Crippen molar-refractivity contribution in [3.05, 3.63) is 136 Å². The Morgan fingerprint density at radius 2 is 0.875 bits per heavy atom. The van der Waals surface area contributed by atoms with E-state index >= 15 is 0 Å². The minimum atomic E-state index is -0.521. The van der Waals surface area contributed by atoms with Crippen molar-refractivity contribution < 1.29 is 4.74 Å². The van der Waals surface area contributed by atoms with Crippen molar-refractivity contribution in [2.75, 3.05) is 6.61 Å². The molecule has 0 aliphatic rings. The van der Waals surface area contributed by atoms with Crippen LogP contribution in [0.4, 0.5) is 0 Å². The van der Waals surface area contributed by atoms with Crippen LogP contribution < -0.4 is 4.74 Å². The van der Waals surface area contributed by atoms with E-state index in [1.165, 1.54) is 38.9 Å². The lowest BCUT2D eigenvalue weighted by atomic mass is 9.64. The second kappa shape index (κ2) is 11.4. The topological polar surface area (TPSA) is 9.23 Å². The van der Waals surface area contributed by atoms with Crippen molar-refractivity contribution in [3.8, 4) is 18.1 Å². The zero-order chi connectivity index (χ0) is 29.1. The molecule has 0 radical (unpaired) electrons. The molecule has 0 saturated carbocycles. The smallest absolute Gasteiger partial charge is 0.148 e. The summed E-state index contributed by atoms with van der Waals surface area (Å²) in [6, 6.07) is 36.1. The van der Waals surface area contributed by atoms with Gasteiger partial charge in [0.2, 0.25) is 0 Å². The third-order valence-corrected chi connectivity index (χ3v) is 7.99. The summed E-state index contributed by atoms with van der Waals surface area (Å²) in [6.45, 7) is 18.3. The van der Waals surface area contributed by atoms with Gasteiger partial charge in [-0.05, 0) is 67.8 Å². The molecule has 1 nitrogen and oxygen atoms in total. The van der Waals surface area contributed by atoms with Crippen LogP contribution in [0.2, 0.25) is 0 Å². The van der Waals surface area contributed by atoms with Crippen LogP contribution in [0.15, 0.2) is 97.1 Å². The first kappa shape index (κ1) is 29.2. The number of ether oxygens (including phenoxy) is 1. The molecule has 206 valence electrons. The van der Waals surface area contributed by atoms with Gasteiger partial charge in [-0.25, -0.2) is 0 Å². The van der Waals surface area contributed by atoms with Crippen molar-refractivity contribution in [3.63, 3.8) is 0 Å². The van der Waals surface area contributed by atoms with Crippen LogP contribution in [0.3, 0.4) is 0 Å². The minimum absolute atomic E-state index is 0.0739. The Hall–Kier alpha value is -3.76. The molecule has 1 heteroatoms. The van der Waals surface area contributed by atoms with Crippen LogP contribution in [-0.2, 0) is 16.2 Å². The zero-order valence-electron chi connectivity index (χ0n) is 25.5. The summed E-state index contributed by atoms with van der Waals surface area (Å²) in [5, 5.41) is 0. The number of hydrogen-bond donors (Lipinski definition) is 0. The average Bonchev–Trinajstić information content (AvgIpc) is 2.93. The third-order valence-electron chi connectivity index (χ3n) is 7.99. The molecule has 0 saturated heterocycles. The molecule has 0 aliphatic carbocycles. The minimum Gasteiger partial charge on any atom is -0.481 e. The van der Waals surface area contributed by atoms with Crippen LogP contribution in [-0.4, -0.2) is 6.61 Å². The fourth-order valence-electron chi connectivity index (χ4n) is 5.48. The first-order valence-corrected chi connectivity index (χ1v) is 14.4. The summed E-state index contributed by atoms with van der Waals surface area (Å²) in [6.07, 6.45) is 5.45. The van der Waals surface area contributed by atoms with E-state index in [0.29, 0.717) is 5.92 Å². The third kappa shape index (κ3) is 5.88. The van der Waals surface area contributed by atoms with Crippen LogP contribution >= 0.6 is 0 Å². The molecule has 0 N–H and O–H groups in total. The van der Waals surface area contributed by atoms with Crippen LogP contribution in [0.25, 0.3) is 0 Å². The highest BCUT2D eigenvalue weighted by molar-refractivity contribution is 5.61. The highest BCUT2D eigenvalue weighted by atomic mass is 16.5. The van der Waals surface area contributed by atoms with Gasteiger partial charge in [0.25, 0.3) is 0 Å². The van der Waals surface area contributed by atoms with Gasteiger partial charge in [-0.1, -0.05) is 146 Å². The molecule has 0 aromatic heterocycles. The van der Waals surface area contributed by atoms with E-state index in [0.717, 1.165) is 5.75 Å². The quantitative estimate of drug-likeness (QED) is 0.171. The molecule has 4 aromatic rings. The number of rotatable bonds is 7. The van der Waals surface area contributed by atoms with Crippen molar-refractivity contribution in [1.82, 2.24) is 0 Å². The van der Waals surface area contributed by atoms with Gasteiger partial charge in [-0.2, -0.15) is 0 Å². The molecule has 40 heavy (non-hydrogen) atoms. The normalized spacial score (nSPS) is 12.3. The molecule has 0 atom stereocenters. The van der Waals surface area contributed by atoms with Gasteiger partial charge < -0.3 is 4.74 Å². The maximum Gasteiger partial charge on any atom is 0.148 e. The fraction of sp³-hybridized carbons (Fsp3) is 0.333. The van der Waals surface area contributed by atoms with Gasteiger partial charge in [0.1, 0.15) is 12.4 Å². The van der Waals surface area contributed by atoms with Crippen LogP contribution in [0.1, 0.15) is 100 Å². The number of benzene rings is 4. The van der Waals surface area contributed by atoms with Gasteiger partial charge in [0.15, 0.2) is 0 Å². The van der Waals surface area contributed by atoms with E-state index in [2.05, 4.69) is 146 Å². The fourth-order valence-corrected chi connectivity index (χ4v) is 5.48. The molecule has 4 rings (SSSR count). The summed E-state index contributed by atoms with van der Waals surface area (Å²) in [4.78, 5) is 0. The van der Waals surface area contributed by atoms with Gasteiger partial charge in [0.05, 0.1) is 5.41 Å². The van der Waals surface area contributed by atoms with E-state index in [4.69, 9.17) is 11.2 Å². The lowest BCUT2D eigenvalue weighted by Crippen LogP contribution is -2.31. The molecule has 0 bridgehead atoms. The maximum absolute atomic E-state index is 5.75. The standard InChI is InChI=1S/C39H44O/c1-10-27-40-36-25-23-35(24-26-36)39(32-13-11-29(12-14-32)28(2)3,33-19-15-30(16-20-33)37(4,5)6)34-21-17-31(18-22-34)38(7,8)9/h1,11-26,28H,27H2,2-9H3. The Kier molecular flexibility index (Phi) is 8.32. The first-order chi connectivity index (χ1) is 18.9. The summed E-state index contributed by atoms with van der Waals surface area (Å²) < 4.78 is 5.75. The van der Waals surface area contributed by atoms with Gasteiger partial charge in [-0.3, -0.25) is 0 Å². The van der Waals surface area contributed by atoms with E-state index in [-0.39, 0.29) is 17.4 Å². The molecular formula is C39H44O. The monoisotopic (exact) mass is 528 g/mol. The maximum atomic E-state index is 5.75. The lowest BCUT2D eigenvalue weighted by Gasteiger charge is -2.38. The molecule has 0 spiro atoms. The number of terminal acetylenes is 1. The van der Waals surface area contributed by atoms with E-state index in [9.17, 15) is 0 Å². The summed E-state index contributed by atoms with van der Waals surface area (Å²) in [5.41, 5.74) is 8.50. The summed E-state index contributed by atoms with van der Waals surface area (Å²) in [5.74, 6) is 3.81. The highest BCUT2D eigenvalue weighted by Gasteiger charge is 2.39. The Balaban J connectivity index is 2.04. The molecular weight excluding hydrogens is 484 g/mol. The Labute approximate surface area is 242 Å². The largest absolute Gasteiger partial charge is 0.481 e. The predicted octanol–water partition coefficient (Wildman–Crippen LogP) is 9.80. The second-order valence-electron chi connectivity index (χ2n) is 13.2. The molecule has 4 aromatic carbocycles. The molecule has 0 unspecified atom stereocenters. The predicted molar refractivity (Wildman–Crippen MR) is 171 cm³/mol. The summed E-state index contributed by atoms with van der Waals surface area (Å²) in [7, 11) is 0. The van der Waals surface area contributed by atoms with Gasteiger partial charge >= 0.3 is 0 Å². The van der Waals surface area contributed by atoms with E-state index in [1.54, 1.807) is 0 Å². The summed E-state index contributed by atoms with van der Waals surface area (Å²) >= 11 is 0. The highest BCUT2D eigenvalue weighted by Crippen LogP contribution is 2.46. The SMILES string of the molecule is C#CCOc1ccc(C(c2ccc(C(C)C)cc2)(c2ccc(C(C)(C)C)cc2)c2ccc(C(C)(C)C)cc2)cc1. The second-order valence-corrected chi connectivity index (χ2v) is 13.2. The molecule has 0 aliphatic heterocycles. The van der Waals surface area contributed by atoms with Crippen LogP contribution in [0.5, 0.6) is 5.75 Å². The zero-order valence-corrected chi connectivity index (χ0v) is 25.5. The average molecular weight is 529 g/mol.